The summed E-state index contributed by atoms with van der Waals surface area (Å²) in [7, 11) is 0. The average Bonchev–Trinajstić information content (AvgIpc) is 3.08. The van der Waals surface area contributed by atoms with Gasteiger partial charge in [0.25, 0.3) is 5.56 Å². The number of fused-ring (bicyclic) bond motifs is 1. The van der Waals surface area contributed by atoms with Gasteiger partial charge in [-0.1, -0.05) is 18.6 Å². The van der Waals surface area contributed by atoms with Crippen LogP contribution in [0.5, 0.6) is 0 Å². The van der Waals surface area contributed by atoms with Crippen LogP contribution in [0.1, 0.15) is 42.9 Å². The Morgan fingerprint density at radius 2 is 2.12 bits per heavy atom. The Bertz CT molecular complexity index is 835. The van der Waals surface area contributed by atoms with Gasteiger partial charge in [0, 0.05) is 25.1 Å². The molecule has 25 heavy (non-hydrogen) atoms. The van der Waals surface area contributed by atoms with Crippen molar-refractivity contribution < 1.29 is 9.53 Å². The number of pyridine rings is 1. The maximum absolute atomic E-state index is 12.5. The van der Waals surface area contributed by atoms with Gasteiger partial charge in [-0.3, -0.25) is 9.59 Å². The molecule has 1 aromatic heterocycles. The quantitative estimate of drug-likeness (QED) is 0.908. The van der Waals surface area contributed by atoms with E-state index in [1.54, 1.807) is 4.90 Å². The molecule has 0 unspecified atom stereocenters. The summed E-state index contributed by atoms with van der Waals surface area (Å²) in [5.41, 5.74) is 3.58. The van der Waals surface area contributed by atoms with Crippen molar-refractivity contribution in [3.05, 3.63) is 45.2 Å². The van der Waals surface area contributed by atoms with Crippen molar-refractivity contribution in [3.8, 4) is 0 Å². The van der Waals surface area contributed by atoms with Crippen molar-refractivity contribution >= 4 is 16.8 Å². The summed E-state index contributed by atoms with van der Waals surface area (Å²) in [6.07, 6.45) is 2.52. The minimum absolute atomic E-state index is 0.0513. The summed E-state index contributed by atoms with van der Waals surface area (Å²) in [6.45, 7) is 7.52. The Hall–Kier alpha value is -2.14. The molecule has 1 saturated heterocycles. The van der Waals surface area contributed by atoms with Crippen LogP contribution in [0.15, 0.2) is 23.0 Å². The van der Waals surface area contributed by atoms with Gasteiger partial charge >= 0.3 is 0 Å². The fourth-order valence-electron chi connectivity index (χ4n) is 3.57. The molecule has 1 atom stereocenters. The van der Waals surface area contributed by atoms with Gasteiger partial charge in [0.2, 0.25) is 5.91 Å². The van der Waals surface area contributed by atoms with Crippen LogP contribution in [0.25, 0.3) is 10.9 Å². The summed E-state index contributed by atoms with van der Waals surface area (Å²) < 4.78 is 5.67. The number of nitrogens with zero attached hydrogens (tertiary/aromatic N) is 1. The molecule has 0 saturated carbocycles. The van der Waals surface area contributed by atoms with Gasteiger partial charge in [-0.15, -0.1) is 0 Å². The van der Waals surface area contributed by atoms with E-state index >= 15 is 0 Å². The van der Waals surface area contributed by atoms with E-state index in [-0.39, 0.29) is 17.6 Å². The summed E-state index contributed by atoms with van der Waals surface area (Å²) in [5, 5.41) is 1.01. The van der Waals surface area contributed by atoms with Gasteiger partial charge in [-0.05, 0) is 49.8 Å². The summed E-state index contributed by atoms with van der Waals surface area (Å²) in [6, 6.07) is 6.04. The molecule has 2 aromatic rings. The third kappa shape index (κ3) is 3.93. The largest absolute Gasteiger partial charge is 0.376 e. The van der Waals surface area contributed by atoms with E-state index in [2.05, 4.69) is 17.1 Å². The predicted octanol–water partition coefficient (Wildman–Crippen LogP) is 3.06. The van der Waals surface area contributed by atoms with Gasteiger partial charge in [0.15, 0.2) is 0 Å². The van der Waals surface area contributed by atoms with Crippen LogP contribution >= 0.6 is 0 Å². The topological polar surface area (TPSA) is 62.4 Å². The molecule has 2 heterocycles. The number of hydrogen-bond donors (Lipinski definition) is 1. The van der Waals surface area contributed by atoms with Gasteiger partial charge in [0.1, 0.15) is 0 Å². The van der Waals surface area contributed by atoms with E-state index in [9.17, 15) is 9.59 Å². The highest BCUT2D eigenvalue weighted by Crippen LogP contribution is 2.20. The van der Waals surface area contributed by atoms with E-state index in [4.69, 9.17) is 4.74 Å². The monoisotopic (exact) mass is 342 g/mol. The molecule has 1 N–H and O–H groups in total. The lowest BCUT2D eigenvalue weighted by Crippen LogP contribution is -2.37. The molecule has 5 heteroatoms. The minimum Gasteiger partial charge on any atom is -0.376 e. The lowest BCUT2D eigenvalue weighted by atomic mass is 10.0. The second-order valence-corrected chi connectivity index (χ2v) is 6.93. The predicted molar refractivity (Wildman–Crippen MR) is 98.7 cm³/mol. The first kappa shape index (κ1) is 17.7. The van der Waals surface area contributed by atoms with Crippen LogP contribution in [-0.2, 0) is 16.1 Å². The number of carbonyl (C=O) groups excluding carboxylic acids is 1. The van der Waals surface area contributed by atoms with E-state index in [1.807, 2.05) is 26.8 Å². The SMILES string of the molecule is CCC(=O)N(Cc1cc2cc(C)cc(C)c2[nH]c1=O)C[C@@H]1CCCO1. The number of rotatable bonds is 5. The third-order valence-electron chi connectivity index (χ3n) is 4.83. The maximum Gasteiger partial charge on any atom is 0.253 e. The van der Waals surface area contributed by atoms with Gasteiger partial charge in [-0.25, -0.2) is 0 Å². The number of aryl methyl sites for hydroxylation is 2. The molecule has 1 aliphatic heterocycles. The number of H-pyrrole nitrogens is 1. The molecule has 1 aliphatic rings. The number of aromatic nitrogens is 1. The van der Waals surface area contributed by atoms with E-state index in [0.29, 0.717) is 25.1 Å². The normalized spacial score (nSPS) is 17.2. The fourth-order valence-corrected chi connectivity index (χ4v) is 3.57. The molecule has 0 radical (unpaired) electrons. The lowest BCUT2D eigenvalue weighted by molar-refractivity contribution is -0.133. The summed E-state index contributed by atoms with van der Waals surface area (Å²) in [4.78, 5) is 29.6. The Morgan fingerprint density at radius 3 is 2.80 bits per heavy atom. The van der Waals surface area contributed by atoms with Crippen molar-refractivity contribution in [2.75, 3.05) is 13.2 Å². The van der Waals surface area contributed by atoms with Crippen LogP contribution in [0.3, 0.4) is 0 Å². The Morgan fingerprint density at radius 1 is 1.32 bits per heavy atom. The second kappa shape index (κ2) is 7.40. The first-order valence-electron chi connectivity index (χ1n) is 9.00. The molecule has 0 aliphatic carbocycles. The van der Waals surface area contributed by atoms with Gasteiger partial charge in [0.05, 0.1) is 18.2 Å². The van der Waals surface area contributed by atoms with Crippen LogP contribution in [0.2, 0.25) is 0 Å². The van der Waals surface area contributed by atoms with Crippen LogP contribution in [-0.4, -0.2) is 35.0 Å². The summed E-state index contributed by atoms with van der Waals surface area (Å²) in [5.74, 6) is 0.0513. The van der Waals surface area contributed by atoms with Crippen LogP contribution < -0.4 is 5.56 Å². The van der Waals surface area contributed by atoms with Gasteiger partial charge in [-0.2, -0.15) is 0 Å². The molecule has 3 rings (SSSR count). The van der Waals surface area contributed by atoms with Crippen LogP contribution in [0.4, 0.5) is 0 Å². The number of carbonyl (C=O) groups is 1. The third-order valence-corrected chi connectivity index (χ3v) is 4.83. The highest BCUT2D eigenvalue weighted by Gasteiger charge is 2.22. The molecule has 1 aromatic carbocycles. The number of benzene rings is 1. The van der Waals surface area contributed by atoms with Crippen LogP contribution in [0, 0.1) is 13.8 Å². The van der Waals surface area contributed by atoms with Crippen molar-refractivity contribution in [2.24, 2.45) is 0 Å². The molecular weight excluding hydrogens is 316 g/mol. The standard InChI is InChI=1S/C20H26N2O3/c1-4-18(23)22(12-17-6-5-7-25-17)11-16-10-15-9-13(2)8-14(3)19(15)21-20(16)24/h8-10,17H,4-7,11-12H2,1-3H3,(H,21,24)/t17-/m0/s1. The molecule has 0 bridgehead atoms. The number of amides is 1. The zero-order valence-electron chi connectivity index (χ0n) is 15.2. The van der Waals surface area contributed by atoms with E-state index < -0.39 is 0 Å². The second-order valence-electron chi connectivity index (χ2n) is 6.93. The summed E-state index contributed by atoms with van der Waals surface area (Å²) >= 11 is 0. The lowest BCUT2D eigenvalue weighted by Gasteiger charge is -2.25. The highest BCUT2D eigenvalue weighted by molar-refractivity contribution is 5.83. The maximum atomic E-state index is 12.5. The zero-order chi connectivity index (χ0) is 18.0. The first-order valence-corrected chi connectivity index (χ1v) is 9.00. The minimum atomic E-state index is -0.124. The molecule has 1 fully saturated rings. The Balaban J connectivity index is 1.91. The molecule has 5 nitrogen and oxygen atoms in total. The Labute approximate surface area is 148 Å². The fraction of sp³-hybridized carbons (Fsp3) is 0.500. The van der Waals surface area contributed by atoms with E-state index in [0.717, 1.165) is 41.5 Å². The van der Waals surface area contributed by atoms with Crippen molar-refractivity contribution in [3.63, 3.8) is 0 Å². The van der Waals surface area contributed by atoms with Crippen molar-refractivity contribution in [1.29, 1.82) is 0 Å². The molecular formula is C20H26N2O3. The van der Waals surface area contributed by atoms with E-state index in [1.165, 1.54) is 0 Å². The zero-order valence-corrected chi connectivity index (χ0v) is 15.2. The smallest absolute Gasteiger partial charge is 0.253 e. The molecule has 1 amide bonds. The highest BCUT2D eigenvalue weighted by atomic mass is 16.5. The first-order chi connectivity index (χ1) is 12.0. The average molecular weight is 342 g/mol. The number of nitrogens with one attached hydrogen (secondary N) is 1. The molecule has 134 valence electrons. The number of ether oxygens (including phenoxy) is 1. The Kier molecular flexibility index (Phi) is 5.23. The van der Waals surface area contributed by atoms with Crippen molar-refractivity contribution in [1.82, 2.24) is 9.88 Å². The number of hydrogen-bond acceptors (Lipinski definition) is 3. The van der Waals surface area contributed by atoms with Crippen molar-refractivity contribution in [2.45, 2.75) is 52.7 Å². The molecule has 0 spiro atoms. The van der Waals surface area contributed by atoms with Gasteiger partial charge < -0.3 is 14.6 Å². The number of aromatic amines is 1.